The molecule has 1 aromatic heterocycles. The summed E-state index contributed by atoms with van der Waals surface area (Å²) in [5.74, 6) is 0. The van der Waals surface area contributed by atoms with E-state index in [4.69, 9.17) is 4.74 Å². The summed E-state index contributed by atoms with van der Waals surface area (Å²) in [5.41, 5.74) is 3.30. The highest BCUT2D eigenvalue weighted by Gasteiger charge is 2.18. The molecule has 1 saturated heterocycles. The highest BCUT2D eigenvalue weighted by atomic mass is 32.1. The molecule has 0 bridgehead atoms. The molecule has 114 valence electrons. The average Bonchev–Trinajstić information content (AvgIpc) is 2.95. The van der Waals surface area contributed by atoms with Gasteiger partial charge in [0.25, 0.3) is 0 Å². The molecule has 0 radical (unpaired) electrons. The van der Waals surface area contributed by atoms with Crippen LogP contribution in [-0.4, -0.2) is 64.5 Å². The lowest BCUT2D eigenvalue weighted by Crippen LogP contribution is -2.46. The second kappa shape index (κ2) is 6.79. The molecule has 2 heterocycles. The molecule has 21 heavy (non-hydrogen) atoms. The smallest absolute Gasteiger partial charge is 0.105 e. The Bertz CT molecular complexity index is 582. The number of benzene rings is 1. The lowest BCUT2D eigenvalue weighted by molar-refractivity contribution is 0.0137. The molecule has 2 aromatic rings. The molecule has 1 aliphatic rings. The summed E-state index contributed by atoms with van der Waals surface area (Å²) in [4.78, 5) is 4.88. The zero-order chi connectivity index (χ0) is 14.7. The summed E-state index contributed by atoms with van der Waals surface area (Å²) < 4.78 is 14.0. The summed E-state index contributed by atoms with van der Waals surface area (Å²) >= 11 is 1.28. The van der Waals surface area contributed by atoms with Crippen molar-refractivity contribution in [3.63, 3.8) is 0 Å². The van der Waals surface area contributed by atoms with Gasteiger partial charge in [0.05, 0.1) is 24.9 Å². The Morgan fingerprint density at radius 2 is 2.05 bits per heavy atom. The normalized spacial score (nSPS) is 18.4. The second-order valence-corrected chi connectivity index (χ2v) is 6.31. The maximum atomic E-state index is 5.42. The number of nitrogens with zero attached hydrogens (tertiary/aromatic N) is 4. The third-order valence-electron chi connectivity index (χ3n) is 4.02. The van der Waals surface area contributed by atoms with Gasteiger partial charge in [-0.15, -0.1) is 0 Å². The standard InChI is InChI=1S/C15H22N4OS/c1-12(19-5-7-20-8-6-19)10-18(2)11-13-3-4-14-15(9-13)17-21-16-14/h3-4,9,12H,5-8,10-11H2,1-2H3/t12-/m0/s1. The predicted octanol–water partition coefficient (Wildman–Crippen LogP) is 1.84. The van der Waals surface area contributed by atoms with E-state index in [1.54, 1.807) is 0 Å². The van der Waals surface area contributed by atoms with Gasteiger partial charge < -0.3 is 9.64 Å². The molecule has 1 aromatic carbocycles. The molecule has 0 N–H and O–H groups in total. The molecule has 1 atom stereocenters. The van der Waals surface area contributed by atoms with Crippen molar-refractivity contribution in [3.8, 4) is 0 Å². The van der Waals surface area contributed by atoms with Gasteiger partial charge in [0.2, 0.25) is 0 Å². The number of rotatable bonds is 5. The van der Waals surface area contributed by atoms with Crippen LogP contribution in [0, 0.1) is 0 Å². The van der Waals surface area contributed by atoms with E-state index < -0.39 is 0 Å². The predicted molar refractivity (Wildman–Crippen MR) is 85.6 cm³/mol. The third kappa shape index (κ3) is 3.77. The van der Waals surface area contributed by atoms with Gasteiger partial charge in [-0.25, -0.2) is 0 Å². The minimum absolute atomic E-state index is 0.559. The molecular weight excluding hydrogens is 284 g/mol. The Hall–Kier alpha value is -1.08. The van der Waals surface area contributed by atoms with Crippen LogP contribution in [0.3, 0.4) is 0 Å². The number of ether oxygens (including phenoxy) is 1. The number of aromatic nitrogens is 2. The van der Waals surface area contributed by atoms with E-state index in [9.17, 15) is 0 Å². The van der Waals surface area contributed by atoms with Crippen LogP contribution in [-0.2, 0) is 11.3 Å². The maximum absolute atomic E-state index is 5.42. The van der Waals surface area contributed by atoms with Gasteiger partial charge in [-0.1, -0.05) is 6.07 Å². The van der Waals surface area contributed by atoms with Gasteiger partial charge >= 0.3 is 0 Å². The van der Waals surface area contributed by atoms with E-state index in [0.29, 0.717) is 6.04 Å². The van der Waals surface area contributed by atoms with E-state index in [-0.39, 0.29) is 0 Å². The molecule has 0 spiro atoms. The second-order valence-electron chi connectivity index (χ2n) is 5.78. The van der Waals surface area contributed by atoms with Crippen molar-refractivity contribution >= 4 is 22.8 Å². The first-order valence-corrected chi connectivity index (χ1v) is 8.17. The SMILES string of the molecule is C[C@@H](CN(C)Cc1ccc2nsnc2c1)N1CCOCC1. The highest BCUT2D eigenvalue weighted by Crippen LogP contribution is 2.15. The molecule has 1 fully saturated rings. The molecule has 0 aliphatic carbocycles. The quantitative estimate of drug-likeness (QED) is 0.843. The molecule has 1 aliphatic heterocycles. The number of fused-ring (bicyclic) bond motifs is 1. The first kappa shape index (κ1) is 14.8. The Kier molecular flexibility index (Phi) is 4.80. The lowest BCUT2D eigenvalue weighted by Gasteiger charge is -2.34. The third-order valence-corrected chi connectivity index (χ3v) is 4.57. The number of morpholine rings is 1. The van der Waals surface area contributed by atoms with E-state index in [1.807, 2.05) is 0 Å². The van der Waals surface area contributed by atoms with Gasteiger partial charge in [-0.05, 0) is 31.7 Å². The van der Waals surface area contributed by atoms with Crippen molar-refractivity contribution in [2.45, 2.75) is 19.5 Å². The van der Waals surface area contributed by atoms with Crippen molar-refractivity contribution in [2.24, 2.45) is 0 Å². The van der Waals surface area contributed by atoms with Gasteiger partial charge in [0.15, 0.2) is 0 Å². The Morgan fingerprint density at radius 3 is 2.86 bits per heavy atom. The van der Waals surface area contributed by atoms with Crippen LogP contribution < -0.4 is 0 Å². The summed E-state index contributed by atoms with van der Waals surface area (Å²) in [6.45, 7) is 8.13. The van der Waals surface area contributed by atoms with Crippen LogP contribution in [0.1, 0.15) is 12.5 Å². The van der Waals surface area contributed by atoms with Crippen LogP contribution >= 0.6 is 11.7 Å². The van der Waals surface area contributed by atoms with Crippen LogP contribution in [0.15, 0.2) is 18.2 Å². The summed E-state index contributed by atoms with van der Waals surface area (Å²) in [6, 6.07) is 6.92. The zero-order valence-corrected chi connectivity index (χ0v) is 13.5. The largest absolute Gasteiger partial charge is 0.379 e. The fraction of sp³-hybridized carbons (Fsp3) is 0.600. The first-order valence-electron chi connectivity index (χ1n) is 7.44. The van der Waals surface area contributed by atoms with E-state index in [2.05, 4.69) is 50.7 Å². The van der Waals surface area contributed by atoms with Crippen molar-refractivity contribution < 1.29 is 4.74 Å². The topological polar surface area (TPSA) is 41.5 Å². The number of hydrogen-bond donors (Lipinski definition) is 0. The van der Waals surface area contributed by atoms with E-state index in [1.165, 1.54) is 17.3 Å². The minimum atomic E-state index is 0.559. The molecule has 0 saturated carbocycles. The molecule has 6 heteroatoms. The van der Waals surface area contributed by atoms with E-state index >= 15 is 0 Å². The molecule has 3 rings (SSSR count). The van der Waals surface area contributed by atoms with Gasteiger partial charge in [0.1, 0.15) is 11.0 Å². The minimum Gasteiger partial charge on any atom is -0.379 e. The van der Waals surface area contributed by atoms with E-state index in [0.717, 1.165) is 50.4 Å². The van der Waals surface area contributed by atoms with Crippen LogP contribution in [0.5, 0.6) is 0 Å². The molecule has 5 nitrogen and oxygen atoms in total. The highest BCUT2D eigenvalue weighted by molar-refractivity contribution is 7.00. The Labute approximate surface area is 129 Å². The van der Waals surface area contributed by atoms with Crippen molar-refractivity contribution in [1.29, 1.82) is 0 Å². The van der Waals surface area contributed by atoms with Gasteiger partial charge in [-0.3, -0.25) is 4.90 Å². The van der Waals surface area contributed by atoms with Crippen LogP contribution in [0.2, 0.25) is 0 Å². The van der Waals surface area contributed by atoms with Gasteiger partial charge in [-0.2, -0.15) is 8.75 Å². The van der Waals surface area contributed by atoms with Crippen molar-refractivity contribution in [3.05, 3.63) is 23.8 Å². The lowest BCUT2D eigenvalue weighted by atomic mass is 10.1. The number of hydrogen-bond acceptors (Lipinski definition) is 6. The molecule has 0 amide bonds. The summed E-state index contributed by atoms with van der Waals surface area (Å²) in [5, 5.41) is 0. The van der Waals surface area contributed by atoms with Crippen molar-refractivity contribution in [2.75, 3.05) is 39.9 Å². The van der Waals surface area contributed by atoms with Gasteiger partial charge in [0, 0.05) is 32.2 Å². The maximum Gasteiger partial charge on any atom is 0.105 e. The average molecular weight is 306 g/mol. The Balaban J connectivity index is 1.56. The fourth-order valence-corrected chi connectivity index (χ4v) is 3.40. The van der Waals surface area contributed by atoms with Crippen molar-refractivity contribution in [1.82, 2.24) is 18.5 Å². The monoisotopic (exact) mass is 306 g/mol. The summed E-state index contributed by atoms with van der Waals surface area (Å²) in [7, 11) is 2.18. The zero-order valence-electron chi connectivity index (χ0n) is 12.7. The van der Waals surface area contributed by atoms with Crippen LogP contribution in [0.25, 0.3) is 11.0 Å². The fourth-order valence-electron chi connectivity index (χ4n) is 2.89. The molecule has 0 unspecified atom stereocenters. The van der Waals surface area contributed by atoms with Crippen LogP contribution in [0.4, 0.5) is 0 Å². The summed E-state index contributed by atoms with van der Waals surface area (Å²) in [6.07, 6.45) is 0. The molecular formula is C15H22N4OS. The first-order chi connectivity index (χ1) is 10.2. The Morgan fingerprint density at radius 1 is 1.29 bits per heavy atom. The number of likely N-dealkylation sites (N-methyl/N-ethyl adjacent to an activating group) is 1.